The fourth-order valence-electron chi connectivity index (χ4n) is 3.00. The molecule has 1 aliphatic heterocycles. The number of carbonyl (C=O) groups excluding carboxylic acids is 1. The zero-order chi connectivity index (χ0) is 12.7. The van der Waals surface area contributed by atoms with Crippen LogP contribution < -0.4 is 0 Å². The zero-order valence-electron chi connectivity index (χ0n) is 11.7. The molecule has 0 aromatic carbocycles. The summed E-state index contributed by atoms with van der Waals surface area (Å²) < 4.78 is 5.89. The molecule has 0 N–H and O–H groups in total. The Bertz CT molecular complexity index is 308. The van der Waals surface area contributed by atoms with E-state index in [1.54, 1.807) is 0 Å². The number of Topliss-reactive ketones (excluding diaryl/α,β-unsaturated/α-hetero) is 1. The van der Waals surface area contributed by atoms with Gasteiger partial charge in [0.25, 0.3) is 0 Å². The highest BCUT2D eigenvalue weighted by Gasteiger charge is 2.53. The summed E-state index contributed by atoms with van der Waals surface area (Å²) in [6, 6.07) is 0. The van der Waals surface area contributed by atoms with Crippen LogP contribution in [0, 0.1) is 11.3 Å². The summed E-state index contributed by atoms with van der Waals surface area (Å²) in [6.07, 6.45) is 6.56. The van der Waals surface area contributed by atoms with Gasteiger partial charge in [-0.05, 0) is 44.4 Å². The molecule has 3 atom stereocenters. The van der Waals surface area contributed by atoms with Gasteiger partial charge < -0.3 is 4.74 Å². The van der Waals surface area contributed by atoms with Crippen LogP contribution in [0.15, 0.2) is 0 Å². The van der Waals surface area contributed by atoms with Crippen LogP contribution >= 0.6 is 0 Å². The molecule has 1 saturated carbocycles. The standard InChI is InChI=1S/C15H26O2/c1-11-6-5-8-15(4)13(17-15)10-14(2,3)9-7-12(11)16/h11,13H,5-10H2,1-4H3. The van der Waals surface area contributed by atoms with E-state index in [9.17, 15) is 4.79 Å². The van der Waals surface area contributed by atoms with Gasteiger partial charge in [0, 0.05) is 12.3 Å². The Kier molecular flexibility index (Phi) is 3.37. The topological polar surface area (TPSA) is 29.6 Å². The number of hydrogen-bond acceptors (Lipinski definition) is 2. The predicted molar refractivity (Wildman–Crippen MR) is 68.9 cm³/mol. The maximum atomic E-state index is 12.0. The van der Waals surface area contributed by atoms with Crippen LogP contribution in [0.25, 0.3) is 0 Å². The third kappa shape index (κ3) is 3.09. The number of ketones is 1. The maximum absolute atomic E-state index is 12.0. The van der Waals surface area contributed by atoms with E-state index in [0.29, 0.717) is 11.9 Å². The summed E-state index contributed by atoms with van der Waals surface area (Å²) in [5.74, 6) is 0.699. The summed E-state index contributed by atoms with van der Waals surface area (Å²) in [5.41, 5.74) is 0.354. The quantitative estimate of drug-likeness (QED) is 0.602. The molecule has 2 aliphatic rings. The van der Waals surface area contributed by atoms with E-state index in [2.05, 4.69) is 27.7 Å². The molecule has 1 heterocycles. The van der Waals surface area contributed by atoms with E-state index in [-0.39, 0.29) is 16.9 Å². The van der Waals surface area contributed by atoms with Crippen LogP contribution in [0.4, 0.5) is 0 Å². The van der Waals surface area contributed by atoms with Gasteiger partial charge in [-0.3, -0.25) is 4.79 Å². The largest absolute Gasteiger partial charge is 0.366 e. The molecule has 0 bridgehead atoms. The lowest BCUT2D eigenvalue weighted by atomic mass is 9.80. The molecule has 0 aromatic heterocycles. The molecule has 1 aliphatic carbocycles. The smallest absolute Gasteiger partial charge is 0.135 e. The fourth-order valence-corrected chi connectivity index (χ4v) is 3.00. The second kappa shape index (κ2) is 4.38. The van der Waals surface area contributed by atoms with Crippen LogP contribution in [0.5, 0.6) is 0 Å². The molecule has 1 saturated heterocycles. The lowest BCUT2D eigenvalue weighted by Gasteiger charge is -2.24. The number of rotatable bonds is 0. The molecule has 0 spiro atoms. The minimum atomic E-state index is 0.115. The Balaban J connectivity index is 2.04. The van der Waals surface area contributed by atoms with E-state index in [4.69, 9.17) is 4.74 Å². The van der Waals surface area contributed by atoms with Gasteiger partial charge in [0.15, 0.2) is 0 Å². The normalized spacial score (nSPS) is 42.5. The van der Waals surface area contributed by atoms with Crippen molar-refractivity contribution in [1.29, 1.82) is 0 Å². The van der Waals surface area contributed by atoms with Crippen LogP contribution in [0.2, 0.25) is 0 Å². The molecular formula is C15H26O2. The number of carbonyl (C=O) groups is 1. The second-order valence-corrected chi connectivity index (χ2v) is 7.05. The van der Waals surface area contributed by atoms with Crippen molar-refractivity contribution < 1.29 is 9.53 Å². The van der Waals surface area contributed by atoms with Gasteiger partial charge in [0.2, 0.25) is 0 Å². The van der Waals surface area contributed by atoms with Crippen molar-refractivity contribution in [3.63, 3.8) is 0 Å². The third-order valence-corrected chi connectivity index (χ3v) is 4.68. The molecule has 2 rings (SSSR count). The predicted octanol–water partition coefficient (Wildman–Crippen LogP) is 3.73. The van der Waals surface area contributed by atoms with Crippen molar-refractivity contribution in [1.82, 2.24) is 0 Å². The Morgan fingerprint density at radius 1 is 1.24 bits per heavy atom. The van der Waals surface area contributed by atoms with E-state index >= 15 is 0 Å². The average molecular weight is 238 g/mol. The van der Waals surface area contributed by atoms with Crippen LogP contribution in [-0.4, -0.2) is 17.5 Å². The molecule has 0 radical (unpaired) electrons. The van der Waals surface area contributed by atoms with Crippen molar-refractivity contribution in [3.05, 3.63) is 0 Å². The highest BCUT2D eigenvalue weighted by molar-refractivity contribution is 5.80. The Labute approximate surface area is 105 Å². The Morgan fingerprint density at radius 2 is 1.94 bits per heavy atom. The van der Waals surface area contributed by atoms with E-state index < -0.39 is 0 Å². The molecule has 98 valence electrons. The highest BCUT2D eigenvalue weighted by Crippen LogP contribution is 2.48. The van der Waals surface area contributed by atoms with Crippen molar-refractivity contribution in [2.24, 2.45) is 11.3 Å². The third-order valence-electron chi connectivity index (χ3n) is 4.68. The van der Waals surface area contributed by atoms with Crippen LogP contribution in [0.1, 0.15) is 66.2 Å². The first-order valence-electron chi connectivity index (χ1n) is 7.03. The Hall–Kier alpha value is -0.370. The second-order valence-electron chi connectivity index (χ2n) is 7.05. The molecule has 2 heteroatoms. The van der Waals surface area contributed by atoms with Crippen LogP contribution in [-0.2, 0) is 9.53 Å². The highest BCUT2D eigenvalue weighted by atomic mass is 16.6. The summed E-state index contributed by atoms with van der Waals surface area (Å²) in [6.45, 7) is 8.86. The summed E-state index contributed by atoms with van der Waals surface area (Å²) in [4.78, 5) is 12.0. The monoisotopic (exact) mass is 238 g/mol. The molecular weight excluding hydrogens is 212 g/mol. The lowest BCUT2D eigenvalue weighted by Crippen LogP contribution is -2.20. The van der Waals surface area contributed by atoms with Gasteiger partial charge in [-0.2, -0.15) is 0 Å². The summed E-state index contributed by atoms with van der Waals surface area (Å²) in [7, 11) is 0. The van der Waals surface area contributed by atoms with E-state index in [1.165, 1.54) is 0 Å². The van der Waals surface area contributed by atoms with Gasteiger partial charge in [-0.1, -0.05) is 20.8 Å². The molecule has 17 heavy (non-hydrogen) atoms. The molecule has 2 fully saturated rings. The van der Waals surface area contributed by atoms with Gasteiger partial charge in [0.1, 0.15) is 5.78 Å². The minimum Gasteiger partial charge on any atom is -0.366 e. The zero-order valence-corrected chi connectivity index (χ0v) is 11.7. The number of hydrogen-bond donors (Lipinski definition) is 0. The first-order valence-corrected chi connectivity index (χ1v) is 7.03. The van der Waals surface area contributed by atoms with Gasteiger partial charge in [-0.25, -0.2) is 0 Å². The minimum absolute atomic E-state index is 0.115. The van der Waals surface area contributed by atoms with Crippen molar-refractivity contribution in [3.8, 4) is 0 Å². The number of epoxide rings is 1. The molecule has 3 unspecified atom stereocenters. The Morgan fingerprint density at radius 3 is 2.65 bits per heavy atom. The first-order chi connectivity index (χ1) is 7.82. The van der Waals surface area contributed by atoms with Gasteiger partial charge >= 0.3 is 0 Å². The number of ether oxygens (including phenoxy) is 1. The lowest BCUT2D eigenvalue weighted by molar-refractivity contribution is -0.123. The van der Waals surface area contributed by atoms with Crippen LogP contribution in [0.3, 0.4) is 0 Å². The summed E-state index contributed by atoms with van der Waals surface area (Å²) >= 11 is 0. The van der Waals surface area contributed by atoms with Crippen molar-refractivity contribution >= 4 is 5.78 Å². The summed E-state index contributed by atoms with van der Waals surface area (Å²) in [5, 5.41) is 0. The molecule has 2 nitrogen and oxygen atoms in total. The SMILES string of the molecule is CC1CCCC2(C)OC2CC(C)(C)CCC1=O. The fraction of sp³-hybridized carbons (Fsp3) is 0.933. The number of fused-ring (bicyclic) bond motifs is 1. The van der Waals surface area contributed by atoms with E-state index in [0.717, 1.165) is 38.5 Å². The molecule has 0 aromatic rings. The average Bonchev–Trinajstić information content (AvgIpc) is 2.83. The van der Waals surface area contributed by atoms with Crippen molar-refractivity contribution in [2.45, 2.75) is 77.9 Å². The molecule has 0 amide bonds. The van der Waals surface area contributed by atoms with E-state index in [1.807, 2.05) is 0 Å². The first kappa shape index (κ1) is 13.1. The maximum Gasteiger partial charge on any atom is 0.135 e. The van der Waals surface area contributed by atoms with Gasteiger partial charge in [0.05, 0.1) is 11.7 Å². The van der Waals surface area contributed by atoms with Crippen molar-refractivity contribution in [2.75, 3.05) is 0 Å². The van der Waals surface area contributed by atoms with Gasteiger partial charge in [-0.15, -0.1) is 0 Å².